The van der Waals surface area contributed by atoms with Gasteiger partial charge >= 0.3 is 0 Å². The van der Waals surface area contributed by atoms with E-state index in [2.05, 4.69) is 26.3 Å². The third kappa shape index (κ3) is 2.42. The molecule has 0 radical (unpaired) electrons. The lowest BCUT2D eigenvalue weighted by atomic mass is 10.3. The molecule has 0 unspecified atom stereocenters. The van der Waals surface area contributed by atoms with Crippen LogP contribution in [0.5, 0.6) is 0 Å². The lowest BCUT2D eigenvalue weighted by Crippen LogP contribution is -2.13. The number of hydrogen-bond donors (Lipinski definition) is 1. The van der Waals surface area contributed by atoms with Crippen LogP contribution in [0.15, 0.2) is 29.9 Å². The summed E-state index contributed by atoms with van der Waals surface area (Å²) in [5.74, 6) is 1.51. The van der Waals surface area contributed by atoms with Gasteiger partial charge in [-0.25, -0.2) is 9.97 Å². The van der Waals surface area contributed by atoms with Crippen molar-refractivity contribution in [2.75, 3.05) is 24.3 Å². The monoisotopic (exact) mass is 285 g/mol. The average Bonchev–Trinajstić information content (AvgIpc) is 2.88. The molecule has 5 nitrogen and oxygen atoms in total. The highest BCUT2D eigenvalue weighted by Gasteiger charge is 2.06. The molecule has 0 saturated heterocycles. The summed E-state index contributed by atoms with van der Waals surface area (Å²) in [5.41, 5.74) is 4.83. The van der Waals surface area contributed by atoms with E-state index in [9.17, 15) is 0 Å². The molecule has 0 aliphatic rings. The lowest BCUT2D eigenvalue weighted by molar-refractivity contribution is 1.02. The minimum absolute atomic E-state index is 0.592. The van der Waals surface area contributed by atoms with Crippen LogP contribution in [0, 0.1) is 6.92 Å². The fourth-order valence-electron chi connectivity index (χ4n) is 2.01. The van der Waals surface area contributed by atoms with Gasteiger partial charge in [0.2, 0.25) is 5.95 Å². The maximum atomic E-state index is 4.52. The van der Waals surface area contributed by atoms with Crippen molar-refractivity contribution in [3.05, 3.63) is 35.5 Å². The molecule has 1 N–H and O–H groups in total. The second-order valence-electron chi connectivity index (χ2n) is 4.75. The highest BCUT2D eigenvalue weighted by Crippen LogP contribution is 2.24. The summed E-state index contributed by atoms with van der Waals surface area (Å²) in [7, 11) is 3.95. The van der Waals surface area contributed by atoms with Gasteiger partial charge in [0.05, 0.1) is 15.7 Å². The summed E-state index contributed by atoms with van der Waals surface area (Å²) >= 11 is 1.63. The molecule has 6 heteroatoms. The van der Waals surface area contributed by atoms with Crippen LogP contribution >= 0.6 is 11.3 Å². The van der Waals surface area contributed by atoms with Gasteiger partial charge in [-0.05, 0) is 25.1 Å². The maximum absolute atomic E-state index is 4.52. The molecule has 0 amide bonds. The first-order valence-corrected chi connectivity index (χ1v) is 7.13. The zero-order valence-electron chi connectivity index (χ0n) is 11.6. The van der Waals surface area contributed by atoms with Crippen LogP contribution in [-0.2, 0) is 0 Å². The van der Waals surface area contributed by atoms with Gasteiger partial charge in [0.25, 0.3) is 0 Å². The number of aryl methyl sites for hydroxylation is 1. The number of nitrogens with one attached hydrogen (secondary N) is 1. The Hall–Kier alpha value is -2.21. The molecule has 0 spiro atoms. The molecule has 1 aromatic carbocycles. The van der Waals surface area contributed by atoms with Gasteiger partial charge in [-0.1, -0.05) is 0 Å². The molecule has 0 bridgehead atoms. The van der Waals surface area contributed by atoms with Crippen LogP contribution in [0.25, 0.3) is 10.2 Å². The molecule has 102 valence electrons. The molecule has 20 heavy (non-hydrogen) atoms. The zero-order chi connectivity index (χ0) is 14.1. The Morgan fingerprint density at radius 1 is 1.20 bits per heavy atom. The largest absolute Gasteiger partial charge is 0.362 e. The summed E-state index contributed by atoms with van der Waals surface area (Å²) in [6.45, 7) is 2.00. The van der Waals surface area contributed by atoms with Crippen molar-refractivity contribution in [1.29, 1.82) is 0 Å². The summed E-state index contributed by atoms with van der Waals surface area (Å²) in [6.07, 6.45) is 1.83. The first-order valence-electron chi connectivity index (χ1n) is 6.25. The van der Waals surface area contributed by atoms with Crippen LogP contribution in [-0.4, -0.2) is 29.0 Å². The van der Waals surface area contributed by atoms with Gasteiger partial charge in [-0.15, -0.1) is 11.3 Å². The fraction of sp³-hybridized carbons (Fsp3) is 0.214. The van der Waals surface area contributed by atoms with E-state index < -0.39 is 0 Å². The maximum Gasteiger partial charge on any atom is 0.229 e. The molecule has 0 saturated carbocycles. The van der Waals surface area contributed by atoms with Crippen LogP contribution < -0.4 is 10.2 Å². The van der Waals surface area contributed by atoms with Gasteiger partial charge in [0, 0.05) is 31.5 Å². The van der Waals surface area contributed by atoms with Crippen LogP contribution in [0.2, 0.25) is 0 Å². The van der Waals surface area contributed by atoms with E-state index in [-0.39, 0.29) is 0 Å². The molecule has 0 aliphatic carbocycles. The minimum Gasteiger partial charge on any atom is -0.362 e. The van der Waals surface area contributed by atoms with Crippen molar-refractivity contribution < 1.29 is 0 Å². The highest BCUT2D eigenvalue weighted by molar-refractivity contribution is 7.16. The van der Waals surface area contributed by atoms with E-state index in [1.54, 1.807) is 11.3 Å². The van der Waals surface area contributed by atoms with Gasteiger partial charge < -0.3 is 10.2 Å². The molecular weight excluding hydrogens is 270 g/mol. The van der Waals surface area contributed by atoms with E-state index >= 15 is 0 Å². The number of benzene rings is 1. The summed E-state index contributed by atoms with van der Waals surface area (Å²) in [5, 5.41) is 3.22. The van der Waals surface area contributed by atoms with Crippen molar-refractivity contribution in [3.63, 3.8) is 0 Å². The zero-order valence-corrected chi connectivity index (χ0v) is 12.4. The molecule has 2 aromatic heterocycles. The summed E-state index contributed by atoms with van der Waals surface area (Å²) < 4.78 is 1.18. The molecule has 0 aliphatic heterocycles. The topological polar surface area (TPSA) is 53.9 Å². The van der Waals surface area contributed by atoms with Crippen LogP contribution in [0.3, 0.4) is 0 Å². The normalized spacial score (nSPS) is 10.8. The third-order valence-electron chi connectivity index (χ3n) is 2.96. The van der Waals surface area contributed by atoms with Crippen molar-refractivity contribution in [2.24, 2.45) is 0 Å². The number of rotatable bonds is 3. The fourth-order valence-corrected chi connectivity index (χ4v) is 2.67. The molecule has 0 fully saturated rings. The first kappa shape index (κ1) is 12.8. The Bertz CT molecular complexity index is 750. The number of nitrogens with zero attached hydrogens (tertiary/aromatic N) is 4. The van der Waals surface area contributed by atoms with Gasteiger partial charge in [-0.3, -0.25) is 0 Å². The van der Waals surface area contributed by atoms with Crippen molar-refractivity contribution in [1.82, 2.24) is 15.0 Å². The molecular formula is C14H15N5S. The summed E-state index contributed by atoms with van der Waals surface area (Å²) in [4.78, 5) is 15.1. The summed E-state index contributed by atoms with van der Waals surface area (Å²) in [6, 6.07) is 6.07. The molecule has 3 aromatic rings. The Kier molecular flexibility index (Phi) is 3.23. The Morgan fingerprint density at radius 3 is 2.85 bits per heavy atom. The Morgan fingerprint density at radius 2 is 2.05 bits per heavy atom. The number of fused-ring (bicyclic) bond motifs is 1. The number of hydrogen-bond acceptors (Lipinski definition) is 6. The predicted molar refractivity (Wildman–Crippen MR) is 84.0 cm³/mol. The van der Waals surface area contributed by atoms with Gasteiger partial charge in [0.1, 0.15) is 5.82 Å². The number of aromatic nitrogens is 3. The Labute approximate surface area is 121 Å². The molecule has 3 rings (SSSR count). The lowest BCUT2D eigenvalue weighted by Gasteiger charge is -2.15. The first-order chi connectivity index (χ1) is 9.63. The SMILES string of the molecule is Cc1cnc(Nc2ccc3scnc3c2)nc1N(C)C. The average molecular weight is 285 g/mol. The second-order valence-corrected chi connectivity index (χ2v) is 5.64. The smallest absolute Gasteiger partial charge is 0.229 e. The van der Waals surface area contributed by atoms with Crippen molar-refractivity contribution in [2.45, 2.75) is 6.92 Å². The van der Waals surface area contributed by atoms with Crippen molar-refractivity contribution >= 4 is 39.0 Å². The third-order valence-corrected chi connectivity index (χ3v) is 3.77. The number of anilines is 3. The highest BCUT2D eigenvalue weighted by atomic mass is 32.1. The van der Waals surface area contributed by atoms with Gasteiger partial charge in [-0.2, -0.15) is 4.98 Å². The van der Waals surface area contributed by atoms with E-state index in [4.69, 9.17) is 0 Å². The standard InChI is InChI=1S/C14H15N5S/c1-9-7-15-14(18-13(9)19(2)3)17-10-4-5-12-11(6-10)16-8-20-12/h4-8H,1-3H3,(H,15,17,18). The predicted octanol–water partition coefficient (Wildman–Crippen LogP) is 3.20. The van der Waals surface area contributed by atoms with Crippen molar-refractivity contribution in [3.8, 4) is 0 Å². The molecule has 2 heterocycles. The van der Waals surface area contributed by atoms with E-state index in [1.807, 2.05) is 49.8 Å². The minimum atomic E-state index is 0.592. The molecule has 0 atom stereocenters. The second kappa shape index (κ2) is 5.05. The van der Waals surface area contributed by atoms with Gasteiger partial charge in [0.15, 0.2) is 0 Å². The van der Waals surface area contributed by atoms with Crippen LogP contribution in [0.4, 0.5) is 17.5 Å². The quantitative estimate of drug-likeness (QED) is 0.801. The van der Waals surface area contributed by atoms with Crippen LogP contribution in [0.1, 0.15) is 5.56 Å². The van der Waals surface area contributed by atoms with E-state index in [1.165, 1.54) is 4.70 Å². The number of thiazole rings is 1. The Balaban J connectivity index is 1.92. The van der Waals surface area contributed by atoms with E-state index in [0.29, 0.717) is 5.95 Å². The van der Waals surface area contributed by atoms with E-state index in [0.717, 1.165) is 22.6 Å².